The second-order valence-electron chi connectivity index (χ2n) is 7.24. The lowest BCUT2D eigenvalue weighted by atomic mass is 10.1. The fourth-order valence-corrected chi connectivity index (χ4v) is 3.65. The molecule has 4 rings (SSSR count). The first-order valence-electron chi connectivity index (χ1n) is 9.74. The number of aryl methyl sites for hydroxylation is 1. The van der Waals surface area contributed by atoms with E-state index < -0.39 is 5.82 Å². The highest BCUT2D eigenvalue weighted by molar-refractivity contribution is 5.82. The molecule has 3 heterocycles. The largest absolute Gasteiger partial charge is 0.353 e. The molecule has 0 radical (unpaired) electrons. The Bertz CT molecular complexity index is 1170. The number of amides is 1. The van der Waals surface area contributed by atoms with Crippen molar-refractivity contribution in [1.29, 1.82) is 5.26 Å². The van der Waals surface area contributed by atoms with Gasteiger partial charge in [0.15, 0.2) is 0 Å². The molecule has 1 saturated heterocycles. The molecule has 0 bridgehead atoms. The number of nitriles is 1. The predicted octanol–water partition coefficient (Wildman–Crippen LogP) is 2.22. The Balaban J connectivity index is 1.34. The number of aromatic amines is 1. The van der Waals surface area contributed by atoms with Crippen molar-refractivity contribution in [1.82, 2.24) is 14.9 Å². The summed E-state index contributed by atoms with van der Waals surface area (Å²) in [6, 6.07) is 11.5. The van der Waals surface area contributed by atoms with Gasteiger partial charge in [-0.25, -0.2) is 9.37 Å². The number of anilines is 1. The Morgan fingerprint density at radius 1 is 1.17 bits per heavy atom. The van der Waals surface area contributed by atoms with E-state index in [1.165, 1.54) is 12.1 Å². The highest BCUT2D eigenvalue weighted by Gasteiger charge is 2.21. The summed E-state index contributed by atoms with van der Waals surface area (Å²) in [7, 11) is 0. The van der Waals surface area contributed by atoms with Crippen molar-refractivity contribution in [2.45, 2.75) is 12.8 Å². The summed E-state index contributed by atoms with van der Waals surface area (Å²) in [5.41, 5.74) is 0.829. The van der Waals surface area contributed by atoms with Gasteiger partial charge in [-0.05, 0) is 42.1 Å². The van der Waals surface area contributed by atoms with E-state index in [9.17, 15) is 14.0 Å². The van der Waals surface area contributed by atoms with Gasteiger partial charge in [-0.2, -0.15) is 5.26 Å². The van der Waals surface area contributed by atoms with Crippen molar-refractivity contribution in [3.8, 4) is 6.07 Å². The number of hydrogen-bond acceptors (Lipinski definition) is 5. The Morgan fingerprint density at radius 3 is 2.67 bits per heavy atom. The van der Waals surface area contributed by atoms with Crippen LogP contribution in [0.5, 0.6) is 0 Å². The summed E-state index contributed by atoms with van der Waals surface area (Å²) < 4.78 is 13.3. The highest BCUT2D eigenvalue weighted by atomic mass is 19.1. The fourth-order valence-electron chi connectivity index (χ4n) is 3.65. The van der Waals surface area contributed by atoms with E-state index in [0.717, 1.165) is 5.82 Å². The van der Waals surface area contributed by atoms with Gasteiger partial charge in [-0.1, -0.05) is 6.07 Å². The number of pyridine rings is 2. The Kier molecular flexibility index (Phi) is 5.44. The first kappa shape index (κ1) is 19.6. The molecule has 1 amide bonds. The molecule has 8 heteroatoms. The average molecular weight is 405 g/mol. The van der Waals surface area contributed by atoms with Gasteiger partial charge in [0.25, 0.3) is 5.56 Å². The molecule has 2 aromatic heterocycles. The smallest absolute Gasteiger partial charge is 0.256 e. The van der Waals surface area contributed by atoms with E-state index in [2.05, 4.69) is 14.9 Å². The third-order valence-electron chi connectivity index (χ3n) is 5.31. The van der Waals surface area contributed by atoms with Crippen LogP contribution >= 0.6 is 0 Å². The standard InChI is InChI=1S/C22H20FN5O2/c23-17-3-2-16-11-18(26-22(30)19(16)12-17)4-6-21(29)28-9-7-27(8-10-28)20-5-1-15(13-24)14-25-20/h1-3,5,11-12,14H,4,6-10H2,(H,26,30). The van der Waals surface area contributed by atoms with Crippen LogP contribution in [-0.4, -0.2) is 47.0 Å². The molecule has 0 saturated carbocycles. The minimum absolute atomic E-state index is 0.0301. The average Bonchev–Trinajstić information content (AvgIpc) is 2.78. The van der Waals surface area contributed by atoms with E-state index >= 15 is 0 Å². The molecule has 152 valence electrons. The van der Waals surface area contributed by atoms with Gasteiger partial charge in [-0.3, -0.25) is 9.59 Å². The lowest BCUT2D eigenvalue weighted by molar-refractivity contribution is -0.131. The Morgan fingerprint density at radius 2 is 1.97 bits per heavy atom. The summed E-state index contributed by atoms with van der Waals surface area (Å²) in [5, 5.41) is 9.83. The van der Waals surface area contributed by atoms with E-state index in [1.807, 2.05) is 17.0 Å². The summed E-state index contributed by atoms with van der Waals surface area (Å²) in [6.45, 7) is 2.52. The highest BCUT2D eigenvalue weighted by Crippen LogP contribution is 2.16. The maximum absolute atomic E-state index is 13.3. The third kappa shape index (κ3) is 4.15. The summed E-state index contributed by atoms with van der Waals surface area (Å²) in [4.78, 5) is 35.7. The lowest BCUT2D eigenvalue weighted by Crippen LogP contribution is -2.49. The van der Waals surface area contributed by atoms with E-state index in [-0.39, 0.29) is 17.9 Å². The molecule has 1 aliphatic rings. The van der Waals surface area contributed by atoms with Crippen LogP contribution in [0.3, 0.4) is 0 Å². The molecule has 0 spiro atoms. The van der Waals surface area contributed by atoms with Gasteiger partial charge in [0.05, 0.1) is 5.56 Å². The van der Waals surface area contributed by atoms with Crippen molar-refractivity contribution in [2.75, 3.05) is 31.1 Å². The quantitative estimate of drug-likeness (QED) is 0.718. The zero-order valence-electron chi connectivity index (χ0n) is 16.3. The van der Waals surface area contributed by atoms with Gasteiger partial charge in [0.2, 0.25) is 5.91 Å². The zero-order valence-corrected chi connectivity index (χ0v) is 16.3. The fraction of sp³-hybridized carbons (Fsp3) is 0.273. The van der Waals surface area contributed by atoms with Crippen molar-refractivity contribution >= 4 is 22.5 Å². The molecule has 1 aliphatic heterocycles. The number of carbonyl (C=O) groups excluding carboxylic acids is 1. The molecule has 1 aromatic carbocycles. The molecular formula is C22H20FN5O2. The number of H-pyrrole nitrogens is 1. The van der Waals surface area contributed by atoms with Crippen LogP contribution < -0.4 is 10.5 Å². The normalized spacial score (nSPS) is 14.0. The minimum Gasteiger partial charge on any atom is -0.353 e. The second kappa shape index (κ2) is 8.33. The molecule has 1 N–H and O–H groups in total. The second-order valence-corrected chi connectivity index (χ2v) is 7.24. The molecule has 0 unspecified atom stereocenters. The minimum atomic E-state index is -0.453. The van der Waals surface area contributed by atoms with Crippen LogP contribution in [-0.2, 0) is 11.2 Å². The molecular weight excluding hydrogens is 385 g/mol. The van der Waals surface area contributed by atoms with Crippen molar-refractivity contribution in [2.24, 2.45) is 0 Å². The van der Waals surface area contributed by atoms with Gasteiger partial charge >= 0.3 is 0 Å². The number of carbonyl (C=O) groups is 1. The maximum atomic E-state index is 13.3. The van der Waals surface area contributed by atoms with Crippen molar-refractivity contribution in [3.63, 3.8) is 0 Å². The maximum Gasteiger partial charge on any atom is 0.256 e. The molecule has 1 fully saturated rings. The lowest BCUT2D eigenvalue weighted by Gasteiger charge is -2.35. The summed E-state index contributed by atoms with van der Waals surface area (Å²) in [6.07, 6.45) is 2.25. The number of aromatic nitrogens is 2. The predicted molar refractivity (Wildman–Crippen MR) is 111 cm³/mol. The molecule has 0 aliphatic carbocycles. The number of nitrogens with one attached hydrogen (secondary N) is 1. The van der Waals surface area contributed by atoms with E-state index in [4.69, 9.17) is 5.26 Å². The number of fused-ring (bicyclic) bond motifs is 1. The van der Waals surface area contributed by atoms with Gasteiger partial charge in [0.1, 0.15) is 17.7 Å². The van der Waals surface area contributed by atoms with Crippen molar-refractivity contribution < 1.29 is 9.18 Å². The third-order valence-corrected chi connectivity index (χ3v) is 5.31. The monoisotopic (exact) mass is 405 g/mol. The van der Waals surface area contributed by atoms with Crippen LogP contribution in [0.15, 0.2) is 47.4 Å². The number of halogens is 1. The topological polar surface area (TPSA) is 93.1 Å². The Labute approximate surface area is 172 Å². The van der Waals surface area contributed by atoms with Gasteiger partial charge < -0.3 is 14.8 Å². The molecule has 7 nitrogen and oxygen atoms in total. The van der Waals surface area contributed by atoms with E-state index in [0.29, 0.717) is 54.6 Å². The van der Waals surface area contributed by atoms with E-state index in [1.54, 1.807) is 24.4 Å². The van der Waals surface area contributed by atoms with Crippen LogP contribution in [0.25, 0.3) is 10.8 Å². The van der Waals surface area contributed by atoms with Gasteiger partial charge in [-0.15, -0.1) is 0 Å². The summed E-state index contributed by atoms with van der Waals surface area (Å²) >= 11 is 0. The first-order chi connectivity index (χ1) is 14.5. The molecule has 30 heavy (non-hydrogen) atoms. The molecule has 3 aromatic rings. The van der Waals surface area contributed by atoms with Gasteiger partial charge in [0, 0.05) is 49.9 Å². The zero-order chi connectivity index (χ0) is 21.1. The van der Waals surface area contributed by atoms with Crippen molar-refractivity contribution in [3.05, 3.63) is 70.0 Å². The number of rotatable bonds is 4. The van der Waals surface area contributed by atoms with Crippen LogP contribution in [0.4, 0.5) is 10.2 Å². The number of benzene rings is 1. The Hall–Kier alpha value is -3.73. The SMILES string of the molecule is N#Cc1ccc(N2CCN(C(=O)CCc3cc4ccc(F)cc4c(=O)[nH]3)CC2)nc1. The summed E-state index contributed by atoms with van der Waals surface area (Å²) in [5.74, 6) is 0.375. The van der Waals surface area contributed by atoms with Crippen LogP contribution in [0, 0.1) is 17.1 Å². The number of nitrogens with zero attached hydrogens (tertiary/aromatic N) is 4. The van der Waals surface area contributed by atoms with Crippen LogP contribution in [0.2, 0.25) is 0 Å². The number of hydrogen-bond donors (Lipinski definition) is 1. The number of piperazine rings is 1. The first-order valence-corrected chi connectivity index (χ1v) is 9.74. The molecule has 0 atom stereocenters. The van der Waals surface area contributed by atoms with Crippen LogP contribution in [0.1, 0.15) is 17.7 Å².